The van der Waals surface area contributed by atoms with E-state index in [2.05, 4.69) is 10.2 Å². The molecule has 1 atom stereocenters. The van der Waals surface area contributed by atoms with E-state index in [1.54, 1.807) is 31.2 Å². The number of nitrogens with zero attached hydrogens (tertiary/aromatic N) is 2. The topological polar surface area (TPSA) is 87.4 Å². The van der Waals surface area contributed by atoms with Gasteiger partial charge >= 0.3 is 5.69 Å². The van der Waals surface area contributed by atoms with E-state index >= 15 is 0 Å². The van der Waals surface area contributed by atoms with Crippen LogP contribution in [0.15, 0.2) is 64.6 Å². The first-order valence-corrected chi connectivity index (χ1v) is 7.59. The van der Waals surface area contributed by atoms with Crippen molar-refractivity contribution >= 4 is 0 Å². The summed E-state index contributed by atoms with van der Waals surface area (Å²) in [6.45, 7) is 1.69. The summed E-state index contributed by atoms with van der Waals surface area (Å²) in [5.41, 5.74) is 2.31. The first kappa shape index (κ1) is 15.7. The Balaban J connectivity index is 1.94. The van der Waals surface area contributed by atoms with Crippen LogP contribution in [0.1, 0.15) is 29.8 Å². The van der Waals surface area contributed by atoms with Crippen molar-refractivity contribution in [3.05, 3.63) is 86.8 Å². The molecule has 0 aliphatic carbocycles. The molecule has 0 saturated carbocycles. The van der Waals surface area contributed by atoms with Gasteiger partial charge in [0.1, 0.15) is 6.04 Å². The Bertz CT molecular complexity index is 896. The molecule has 0 bridgehead atoms. The maximum Gasteiger partial charge on any atom is 0.333 e. The van der Waals surface area contributed by atoms with Crippen LogP contribution < -0.4 is 5.69 Å². The van der Waals surface area contributed by atoms with Crippen LogP contribution in [0.3, 0.4) is 0 Å². The molecule has 122 valence electrons. The van der Waals surface area contributed by atoms with Crippen molar-refractivity contribution in [1.82, 2.24) is 9.55 Å². The number of aromatic amines is 1. The highest BCUT2D eigenvalue weighted by Crippen LogP contribution is 2.23. The van der Waals surface area contributed by atoms with Crippen molar-refractivity contribution in [2.24, 2.45) is 5.18 Å². The minimum atomic E-state index is -0.454. The van der Waals surface area contributed by atoms with Gasteiger partial charge in [0.25, 0.3) is 0 Å². The Hall–Kier alpha value is -3.15. The molecule has 0 fully saturated rings. The van der Waals surface area contributed by atoms with Crippen LogP contribution in [0, 0.1) is 4.91 Å². The maximum atomic E-state index is 12.2. The Morgan fingerprint density at radius 2 is 1.79 bits per heavy atom. The molecule has 1 unspecified atom stereocenters. The number of hydrogen-bond acceptors (Lipinski definition) is 4. The van der Waals surface area contributed by atoms with Gasteiger partial charge < -0.3 is 10.1 Å². The van der Waals surface area contributed by atoms with Gasteiger partial charge in [0.2, 0.25) is 5.88 Å². The predicted molar refractivity (Wildman–Crippen MR) is 91.5 cm³/mol. The number of aromatic nitrogens is 2. The Morgan fingerprint density at radius 3 is 2.42 bits per heavy atom. The lowest BCUT2D eigenvalue weighted by atomic mass is 10.1. The molecule has 3 rings (SSSR count). The molecule has 2 N–H and O–H groups in total. The molecule has 0 saturated heterocycles. The molecule has 6 nitrogen and oxygen atoms in total. The van der Waals surface area contributed by atoms with Gasteiger partial charge in [-0.2, -0.15) is 4.91 Å². The summed E-state index contributed by atoms with van der Waals surface area (Å²) in [5.74, 6) is -0.113. The van der Waals surface area contributed by atoms with Crippen molar-refractivity contribution in [3.8, 4) is 11.6 Å². The zero-order chi connectivity index (χ0) is 17.1. The molecule has 0 radical (unpaired) electrons. The van der Waals surface area contributed by atoms with E-state index in [-0.39, 0.29) is 5.88 Å². The van der Waals surface area contributed by atoms with Gasteiger partial charge in [-0.25, -0.2) is 9.36 Å². The molecule has 0 spiro atoms. The Kier molecular flexibility index (Phi) is 4.29. The predicted octanol–water partition coefficient (Wildman–Crippen LogP) is 3.29. The van der Waals surface area contributed by atoms with E-state index < -0.39 is 11.7 Å². The first-order chi connectivity index (χ1) is 11.6. The van der Waals surface area contributed by atoms with Gasteiger partial charge in [-0.1, -0.05) is 47.6 Å². The van der Waals surface area contributed by atoms with E-state index in [4.69, 9.17) is 0 Å². The SMILES string of the molecule is CC(N=O)c1ccc(-n2c(O)c(Cc3ccccc3)[nH]c2=O)cc1. The highest BCUT2D eigenvalue weighted by atomic mass is 16.3. The van der Waals surface area contributed by atoms with E-state index in [0.717, 1.165) is 11.1 Å². The van der Waals surface area contributed by atoms with E-state index in [1.165, 1.54) is 4.57 Å². The average Bonchev–Trinajstić information content (AvgIpc) is 2.89. The fraction of sp³-hybridized carbons (Fsp3) is 0.167. The molecule has 1 aromatic heterocycles. The third-order valence-corrected chi connectivity index (χ3v) is 3.96. The third kappa shape index (κ3) is 2.99. The van der Waals surface area contributed by atoms with Crippen LogP contribution in [-0.4, -0.2) is 14.7 Å². The fourth-order valence-corrected chi connectivity index (χ4v) is 2.60. The smallest absolute Gasteiger partial charge is 0.333 e. The Labute approximate surface area is 138 Å². The van der Waals surface area contributed by atoms with Crippen molar-refractivity contribution < 1.29 is 5.11 Å². The minimum absolute atomic E-state index is 0.113. The van der Waals surface area contributed by atoms with Crippen LogP contribution in [0.4, 0.5) is 0 Å². The van der Waals surface area contributed by atoms with Gasteiger partial charge in [0, 0.05) is 6.42 Å². The van der Waals surface area contributed by atoms with E-state index in [9.17, 15) is 14.8 Å². The largest absolute Gasteiger partial charge is 0.493 e. The quantitative estimate of drug-likeness (QED) is 0.706. The summed E-state index contributed by atoms with van der Waals surface area (Å²) in [6.07, 6.45) is 0.430. The number of benzene rings is 2. The van der Waals surface area contributed by atoms with Gasteiger partial charge in [0.15, 0.2) is 0 Å². The fourth-order valence-electron chi connectivity index (χ4n) is 2.60. The molecule has 0 amide bonds. The number of imidazole rings is 1. The van der Waals surface area contributed by atoms with Crippen molar-refractivity contribution in [2.75, 3.05) is 0 Å². The molecule has 0 aliphatic heterocycles. The number of hydrogen-bond donors (Lipinski definition) is 2. The molecule has 2 aromatic carbocycles. The van der Waals surface area contributed by atoms with Crippen LogP contribution in [0.2, 0.25) is 0 Å². The third-order valence-electron chi connectivity index (χ3n) is 3.96. The second-order valence-electron chi connectivity index (χ2n) is 5.60. The summed E-state index contributed by atoms with van der Waals surface area (Å²) in [4.78, 5) is 25.5. The molecule has 6 heteroatoms. The molecule has 3 aromatic rings. The van der Waals surface area contributed by atoms with Crippen LogP contribution >= 0.6 is 0 Å². The van der Waals surface area contributed by atoms with Crippen molar-refractivity contribution in [1.29, 1.82) is 0 Å². The number of rotatable bonds is 5. The lowest BCUT2D eigenvalue weighted by Crippen LogP contribution is -2.14. The number of aromatic hydroxyl groups is 1. The second kappa shape index (κ2) is 6.54. The molecule has 1 heterocycles. The van der Waals surface area contributed by atoms with E-state index in [0.29, 0.717) is 17.8 Å². The zero-order valence-electron chi connectivity index (χ0n) is 13.1. The summed E-state index contributed by atoms with van der Waals surface area (Å²) in [6, 6.07) is 15.9. The summed E-state index contributed by atoms with van der Waals surface area (Å²) >= 11 is 0. The first-order valence-electron chi connectivity index (χ1n) is 7.59. The number of nitrogens with one attached hydrogen (secondary N) is 1. The summed E-state index contributed by atoms with van der Waals surface area (Å²) < 4.78 is 1.21. The molecular weight excluding hydrogens is 306 g/mol. The monoisotopic (exact) mass is 323 g/mol. The lowest BCUT2D eigenvalue weighted by molar-refractivity contribution is 0.435. The Morgan fingerprint density at radius 1 is 1.12 bits per heavy atom. The highest BCUT2D eigenvalue weighted by molar-refractivity contribution is 5.41. The average molecular weight is 323 g/mol. The van der Waals surface area contributed by atoms with E-state index in [1.807, 2.05) is 30.3 Å². The normalized spacial score (nSPS) is 12.0. The van der Waals surface area contributed by atoms with Crippen LogP contribution in [0.5, 0.6) is 5.88 Å². The van der Waals surface area contributed by atoms with Crippen molar-refractivity contribution in [3.63, 3.8) is 0 Å². The molecule has 24 heavy (non-hydrogen) atoms. The number of H-pyrrole nitrogens is 1. The van der Waals surface area contributed by atoms with Gasteiger partial charge in [-0.3, -0.25) is 0 Å². The number of nitroso groups, excluding NO2 is 1. The van der Waals surface area contributed by atoms with Gasteiger partial charge in [-0.15, -0.1) is 0 Å². The second-order valence-corrected chi connectivity index (χ2v) is 5.60. The van der Waals surface area contributed by atoms with Crippen LogP contribution in [0.25, 0.3) is 5.69 Å². The summed E-state index contributed by atoms with van der Waals surface area (Å²) in [7, 11) is 0. The molecular formula is C18H17N3O3. The van der Waals surface area contributed by atoms with Crippen molar-refractivity contribution in [2.45, 2.75) is 19.4 Å². The minimum Gasteiger partial charge on any atom is -0.493 e. The van der Waals surface area contributed by atoms with Crippen LogP contribution in [-0.2, 0) is 6.42 Å². The highest BCUT2D eigenvalue weighted by Gasteiger charge is 2.15. The summed E-state index contributed by atoms with van der Waals surface area (Å²) in [5, 5.41) is 13.4. The standard InChI is InChI=1S/C18H17N3O3/c1-12(20-24)14-7-9-15(10-8-14)21-17(22)16(19-18(21)23)11-13-5-3-2-4-6-13/h2-10,12,22H,11H2,1H3,(H,19,23). The zero-order valence-corrected chi connectivity index (χ0v) is 13.1. The lowest BCUT2D eigenvalue weighted by Gasteiger charge is -2.07. The maximum absolute atomic E-state index is 12.2. The van der Waals surface area contributed by atoms with Gasteiger partial charge in [-0.05, 0) is 30.2 Å². The van der Waals surface area contributed by atoms with Gasteiger partial charge in [0.05, 0.1) is 11.4 Å². The molecule has 0 aliphatic rings.